The van der Waals surface area contributed by atoms with Crippen LogP contribution in [0.4, 0.5) is 13.2 Å². The maximum Gasteiger partial charge on any atom is 0.417 e. The molecule has 0 fully saturated rings. The molecule has 0 aliphatic carbocycles. The number of hydrogen-bond acceptors (Lipinski definition) is 2. The number of alkyl halides is 3. The fraction of sp³-hybridized carbons (Fsp3) is 0.286. The van der Waals surface area contributed by atoms with Crippen molar-refractivity contribution in [3.8, 4) is 0 Å². The van der Waals surface area contributed by atoms with Crippen molar-refractivity contribution in [2.24, 2.45) is 5.73 Å². The van der Waals surface area contributed by atoms with Crippen molar-refractivity contribution < 1.29 is 13.2 Å². The molecule has 0 atom stereocenters. The maximum atomic E-state index is 12.1. The van der Waals surface area contributed by atoms with E-state index in [1.54, 1.807) is 0 Å². The fourth-order valence-electron chi connectivity index (χ4n) is 0.792. The number of nitrogens with zero attached hydrogens (tertiary/aromatic N) is 1. The quantitative estimate of drug-likeness (QED) is 0.808. The van der Waals surface area contributed by atoms with Gasteiger partial charge in [-0.3, -0.25) is 0 Å². The smallest absolute Gasteiger partial charge is 0.326 e. The third-order valence-corrected chi connectivity index (χ3v) is 2.17. The average molecular weight is 291 g/mol. The second-order valence-electron chi connectivity index (χ2n) is 2.38. The monoisotopic (exact) mass is 290 g/mol. The van der Waals surface area contributed by atoms with Gasteiger partial charge in [-0.05, 0) is 27.6 Å². The lowest BCUT2D eigenvalue weighted by atomic mass is 10.2. The molecule has 1 rings (SSSR count). The van der Waals surface area contributed by atoms with E-state index in [4.69, 9.17) is 5.73 Å². The molecule has 0 aliphatic heterocycles. The van der Waals surface area contributed by atoms with E-state index in [2.05, 4.69) is 20.9 Å². The molecule has 0 unspecified atom stereocenters. The van der Waals surface area contributed by atoms with Gasteiger partial charge in [0.15, 0.2) is 0 Å². The van der Waals surface area contributed by atoms with Gasteiger partial charge in [0.25, 0.3) is 0 Å². The predicted molar refractivity (Wildman–Crippen MR) is 52.1 cm³/mol. The Morgan fingerprint density at radius 1 is 1.43 bits per heavy atom. The van der Waals surface area contributed by atoms with Crippen LogP contribution in [0.3, 0.4) is 0 Å². The van der Waals surface area contributed by atoms with Crippen LogP contribution in [0, 0.1) is 0 Å². The molecular formula is C7H7BrClF3N2. The van der Waals surface area contributed by atoms with E-state index in [1.165, 1.54) is 0 Å². The van der Waals surface area contributed by atoms with Crippen LogP contribution in [-0.4, -0.2) is 4.98 Å². The first-order valence-corrected chi connectivity index (χ1v) is 4.16. The summed E-state index contributed by atoms with van der Waals surface area (Å²) in [6, 6.07) is 0.983. The largest absolute Gasteiger partial charge is 0.417 e. The first-order valence-electron chi connectivity index (χ1n) is 3.37. The molecule has 2 nitrogen and oxygen atoms in total. The van der Waals surface area contributed by atoms with Crippen LogP contribution in [0.15, 0.2) is 16.9 Å². The van der Waals surface area contributed by atoms with Crippen molar-refractivity contribution in [2.45, 2.75) is 12.7 Å². The Bertz CT molecular complexity index is 316. The standard InChI is InChI=1S/C7H6BrF3N2.ClH/c8-6-4(2-12)1-5(3-13-6)7(9,10)11;/h1,3H,2,12H2;1H. The maximum absolute atomic E-state index is 12.1. The Morgan fingerprint density at radius 2 is 2.00 bits per heavy atom. The van der Waals surface area contributed by atoms with Crippen molar-refractivity contribution in [3.05, 3.63) is 28.0 Å². The second kappa shape index (κ2) is 4.95. The molecule has 0 saturated heterocycles. The van der Waals surface area contributed by atoms with Gasteiger partial charge in [-0.1, -0.05) is 0 Å². The van der Waals surface area contributed by atoms with Crippen molar-refractivity contribution >= 4 is 28.3 Å². The van der Waals surface area contributed by atoms with Gasteiger partial charge in [-0.15, -0.1) is 12.4 Å². The number of halogens is 5. The third kappa shape index (κ3) is 3.11. The Balaban J connectivity index is 0.00000169. The Kier molecular flexibility index (Phi) is 4.83. The zero-order valence-corrected chi connectivity index (χ0v) is 9.21. The number of hydrogen-bond donors (Lipinski definition) is 1. The second-order valence-corrected chi connectivity index (χ2v) is 3.13. The van der Waals surface area contributed by atoms with Crippen molar-refractivity contribution in [3.63, 3.8) is 0 Å². The normalized spacial score (nSPS) is 10.9. The lowest BCUT2D eigenvalue weighted by Gasteiger charge is -2.08. The SMILES string of the molecule is Cl.NCc1cc(C(F)(F)F)cnc1Br. The lowest BCUT2D eigenvalue weighted by molar-refractivity contribution is -0.137. The minimum atomic E-state index is -4.36. The molecule has 0 aromatic carbocycles. The Hall–Kier alpha value is -0.330. The van der Waals surface area contributed by atoms with Crippen LogP contribution in [-0.2, 0) is 12.7 Å². The van der Waals surface area contributed by atoms with Gasteiger partial charge in [0.05, 0.1) is 5.56 Å². The first-order chi connectivity index (χ1) is 5.95. The van der Waals surface area contributed by atoms with E-state index in [1.807, 2.05) is 0 Å². The van der Waals surface area contributed by atoms with Gasteiger partial charge < -0.3 is 5.73 Å². The number of aromatic nitrogens is 1. The summed E-state index contributed by atoms with van der Waals surface area (Å²) in [5.74, 6) is 0. The van der Waals surface area contributed by atoms with Crippen LogP contribution < -0.4 is 5.73 Å². The van der Waals surface area contributed by atoms with E-state index in [9.17, 15) is 13.2 Å². The van der Waals surface area contributed by atoms with E-state index in [0.717, 1.165) is 12.3 Å². The highest BCUT2D eigenvalue weighted by Crippen LogP contribution is 2.30. The lowest BCUT2D eigenvalue weighted by Crippen LogP contribution is -2.08. The zero-order chi connectivity index (χ0) is 10.1. The molecule has 0 bridgehead atoms. The number of nitrogens with two attached hydrogens (primary N) is 1. The predicted octanol–water partition coefficient (Wildman–Crippen LogP) is 2.74. The summed E-state index contributed by atoms with van der Waals surface area (Å²) in [7, 11) is 0. The van der Waals surface area contributed by atoms with Gasteiger partial charge in [-0.25, -0.2) is 4.98 Å². The fourth-order valence-corrected chi connectivity index (χ4v) is 1.17. The molecule has 1 heterocycles. The van der Waals surface area contributed by atoms with Gasteiger partial charge in [0, 0.05) is 12.7 Å². The first kappa shape index (κ1) is 13.7. The van der Waals surface area contributed by atoms with E-state index in [-0.39, 0.29) is 19.0 Å². The molecule has 0 radical (unpaired) electrons. The molecule has 0 amide bonds. The van der Waals surface area contributed by atoms with Gasteiger partial charge in [0.1, 0.15) is 4.60 Å². The Labute approximate surface area is 93.2 Å². The van der Waals surface area contributed by atoms with E-state index < -0.39 is 11.7 Å². The van der Waals surface area contributed by atoms with Gasteiger partial charge in [-0.2, -0.15) is 13.2 Å². The Morgan fingerprint density at radius 3 is 2.43 bits per heavy atom. The van der Waals surface area contributed by atoms with Crippen molar-refractivity contribution in [2.75, 3.05) is 0 Å². The third-order valence-electron chi connectivity index (χ3n) is 1.46. The molecule has 1 aromatic heterocycles. The summed E-state index contributed by atoms with van der Waals surface area (Å²) in [4.78, 5) is 3.53. The highest BCUT2D eigenvalue weighted by atomic mass is 79.9. The summed E-state index contributed by atoms with van der Waals surface area (Å²) in [5, 5.41) is 0. The summed E-state index contributed by atoms with van der Waals surface area (Å²) in [6.45, 7) is 0.0253. The molecular weight excluding hydrogens is 284 g/mol. The minimum absolute atomic E-state index is 0. The summed E-state index contributed by atoms with van der Waals surface area (Å²) in [5.41, 5.74) is 4.79. The van der Waals surface area contributed by atoms with Crippen molar-refractivity contribution in [1.29, 1.82) is 0 Å². The molecule has 1 aromatic rings. The molecule has 0 spiro atoms. The molecule has 0 aliphatic rings. The summed E-state index contributed by atoms with van der Waals surface area (Å²) >= 11 is 3.00. The summed E-state index contributed by atoms with van der Waals surface area (Å²) in [6.07, 6.45) is -3.60. The topological polar surface area (TPSA) is 38.9 Å². The molecule has 80 valence electrons. The van der Waals surface area contributed by atoms with Gasteiger partial charge in [0.2, 0.25) is 0 Å². The summed E-state index contributed by atoms with van der Waals surface area (Å²) < 4.78 is 36.8. The average Bonchev–Trinajstić information content (AvgIpc) is 2.03. The highest BCUT2D eigenvalue weighted by Gasteiger charge is 2.31. The van der Waals surface area contributed by atoms with Crippen LogP contribution >= 0.6 is 28.3 Å². The minimum Gasteiger partial charge on any atom is -0.326 e. The van der Waals surface area contributed by atoms with Crippen LogP contribution in [0.2, 0.25) is 0 Å². The van der Waals surface area contributed by atoms with Crippen LogP contribution in [0.1, 0.15) is 11.1 Å². The highest BCUT2D eigenvalue weighted by molar-refractivity contribution is 9.10. The molecule has 0 saturated carbocycles. The van der Waals surface area contributed by atoms with Crippen LogP contribution in [0.5, 0.6) is 0 Å². The van der Waals surface area contributed by atoms with E-state index >= 15 is 0 Å². The zero-order valence-electron chi connectivity index (χ0n) is 6.81. The molecule has 14 heavy (non-hydrogen) atoms. The van der Waals surface area contributed by atoms with Crippen molar-refractivity contribution in [1.82, 2.24) is 4.98 Å². The number of rotatable bonds is 1. The van der Waals surface area contributed by atoms with E-state index in [0.29, 0.717) is 10.2 Å². The molecule has 2 N–H and O–H groups in total. The van der Waals surface area contributed by atoms with Gasteiger partial charge >= 0.3 is 6.18 Å². The molecule has 7 heteroatoms. The number of pyridine rings is 1. The van der Waals surface area contributed by atoms with Crippen LogP contribution in [0.25, 0.3) is 0 Å².